The molecule has 0 saturated heterocycles. The summed E-state index contributed by atoms with van der Waals surface area (Å²) in [5.74, 6) is 1.07. The van der Waals surface area contributed by atoms with Crippen LogP contribution < -0.4 is 10.1 Å². The molecule has 0 unspecified atom stereocenters. The van der Waals surface area contributed by atoms with Crippen LogP contribution in [0, 0.1) is 5.82 Å². The van der Waals surface area contributed by atoms with Crippen LogP contribution >= 0.6 is 11.6 Å². The molecule has 1 aromatic heterocycles. The van der Waals surface area contributed by atoms with Gasteiger partial charge in [-0.25, -0.2) is 9.37 Å². The molecular weight excluding hydrogens is 281 g/mol. The molecule has 2 rings (SSSR count). The summed E-state index contributed by atoms with van der Waals surface area (Å²) in [5, 5.41) is 2.93. The minimum atomic E-state index is -0.607. The minimum absolute atomic E-state index is 0.00878. The fraction of sp³-hybridized carbons (Fsp3) is 0.286. The predicted molar refractivity (Wildman–Crippen MR) is 77.2 cm³/mol. The summed E-state index contributed by atoms with van der Waals surface area (Å²) in [6.07, 6.45) is 0. The summed E-state index contributed by atoms with van der Waals surface area (Å²) >= 11 is 5.72. The molecule has 0 aliphatic carbocycles. The lowest BCUT2D eigenvalue weighted by molar-refractivity contribution is 0.424. The summed E-state index contributed by atoms with van der Waals surface area (Å²) in [7, 11) is 1.75. The zero-order valence-corrected chi connectivity index (χ0v) is 12.2. The van der Waals surface area contributed by atoms with Crippen LogP contribution in [-0.2, 0) is 0 Å². The van der Waals surface area contributed by atoms with Crippen molar-refractivity contribution in [3.05, 3.63) is 40.9 Å². The first-order valence-electron chi connectivity index (χ1n) is 6.20. The summed E-state index contributed by atoms with van der Waals surface area (Å²) < 4.78 is 19.3. The molecule has 0 bridgehead atoms. The van der Waals surface area contributed by atoms with E-state index in [9.17, 15) is 4.39 Å². The normalized spacial score (nSPS) is 10.7. The van der Waals surface area contributed by atoms with Crippen LogP contribution in [0.2, 0.25) is 5.02 Å². The van der Waals surface area contributed by atoms with Crippen LogP contribution in [0.25, 0.3) is 0 Å². The average molecular weight is 296 g/mol. The van der Waals surface area contributed by atoms with Crippen LogP contribution in [0.15, 0.2) is 24.3 Å². The maximum Gasteiger partial charge on any atom is 0.224 e. The van der Waals surface area contributed by atoms with E-state index in [1.165, 1.54) is 12.1 Å². The summed E-state index contributed by atoms with van der Waals surface area (Å²) in [6.45, 7) is 3.94. The smallest absolute Gasteiger partial charge is 0.224 e. The van der Waals surface area contributed by atoms with Gasteiger partial charge >= 0.3 is 0 Å². The van der Waals surface area contributed by atoms with E-state index in [1.807, 2.05) is 13.8 Å². The highest BCUT2D eigenvalue weighted by Crippen LogP contribution is 2.29. The van der Waals surface area contributed by atoms with Gasteiger partial charge in [0, 0.05) is 19.0 Å². The molecule has 0 aliphatic rings. The molecule has 0 radical (unpaired) electrons. The molecule has 20 heavy (non-hydrogen) atoms. The maximum atomic E-state index is 13.8. The Hall–Kier alpha value is -1.88. The zero-order valence-electron chi connectivity index (χ0n) is 11.4. The van der Waals surface area contributed by atoms with Gasteiger partial charge in [-0.15, -0.1) is 0 Å². The fourth-order valence-corrected chi connectivity index (χ4v) is 1.72. The summed E-state index contributed by atoms with van der Waals surface area (Å²) in [4.78, 5) is 8.57. The maximum absolute atomic E-state index is 13.8. The Morgan fingerprint density at radius 1 is 1.30 bits per heavy atom. The van der Waals surface area contributed by atoms with Crippen molar-refractivity contribution in [2.24, 2.45) is 0 Å². The van der Waals surface area contributed by atoms with Gasteiger partial charge in [0.05, 0.1) is 5.02 Å². The van der Waals surface area contributed by atoms with Gasteiger partial charge in [0.2, 0.25) is 5.88 Å². The minimum Gasteiger partial charge on any atom is -0.436 e. The van der Waals surface area contributed by atoms with E-state index in [0.717, 1.165) is 0 Å². The zero-order chi connectivity index (χ0) is 14.7. The Morgan fingerprint density at radius 2 is 2.05 bits per heavy atom. The number of hydrogen-bond acceptors (Lipinski definition) is 4. The highest BCUT2D eigenvalue weighted by atomic mass is 35.5. The summed E-state index contributed by atoms with van der Waals surface area (Å²) in [5.41, 5.74) is 0. The van der Waals surface area contributed by atoms with Gasteiger partial charge in [-0.2, -0.15) is 4.98 Å². The monoisotopic (exact) mass is 295 g/mol. The first kappa shape index (κ1) is 14.5. The lowest BCUT2D eigenvalue weighted by atomic mass is 10.2. The lowest BCUT2D eigenvalue weighted by Gasteiger charge is -2.11. The molecule has 4 nitrogen and oxygen atoms in total. The Balaban J connectivity index is 2.37. The van der Waals surface area contributed by atoms with Gasteiger partial charge in [-0.3, -0.25) is 0 Å². The highest BCUT2D eigenvalue weighted by molar-refractivity contribution is 6.30. The SMILES string of the molecule is CNc1cc(Oc2cccc(Cl)c2F)nc(C(C)C)n1. The Labute approximate surface area is 122 Å². The highest BCUT2D eigenvalue weighted by Gasteiger charge is 2.12. The Kier molecular flexibility index (Phi) is 4.39. The molecule has 1 aromatic carbocycles. The van der Waals surface area contributed by atoms with Crippen molar-refractivity contribution < 1.29 is 9.13 Å². The van der Waals surface area contributed by atoms with E-state index in [1.54, 1.807) is 19.2 Å². The van der Waals surface area contributed by atoms with Crippen molar-refractivity contribution in [3.8, 4) is 11.6 Å². The van der Waals surface area contributed by atoms with E-state index in [2.05, 4.69) is 15.3 Å². The molecule has 1 N–H and O–H groups in total. The number of aromatic nitrogens is 2. The van der Waals surface area contributed by atoms with Gasteiger partial charge in [0.15, 0.2) is 11.6 Å². The van der Waals surface area contributed by atoms with E-state index >= 15 is 0 Å². The quantitative estimate of drug-likeness (QED) is 0.917. The largest absolute Gasteiger partial charge is 0.436 e. The third-order valence-corrected chi connectivity index (χ3v) is 2.92. The van der Waals surface area contributed by atoms with Crippen LogP contribution in [0.4, 0.5) is 10.2 Å². The van der Waals surface area contributed by atoms with Crippen molar-refractivity contribution in [3.63, 3.8) is 0 Å². The van der Waals surface area contributed by atoms with Crippen molar-refractivity contribution in [1.82, 2.24) is 9.97 Å². The van der Waals surface area contributed by atoms with E-state index < -0.39 is 5.82 Å². The van der Waals surface area contributed by atoms with Crippen LogP contribution in [0.5, 0.6) is 11.6 Å². The molecule has 0 atom stereocenters. The molecule has 1 heterocycles. The molecule has 0 saturated carbocycles. The Bertz CT molecular complexity index is 619. The van der Waals surface area contributed by atoms with Crippen molar-refractivity contribution in [1.29, 1.82) is 0 Å². The first-order valence-corrected chi connectivity index (χ1v) is 6.57. The number of halogens is 2. The van der Waals surface area contributed by atoms with E-state index in [0.29, 0.717) is 11.6 Å². The van der Waals surface area contributed by atoms with E-state index in [4.69, 9.17) is 16.3 Å². The second-order valence-electron chi connectivity index (χ2n) is 4.51. The third kappa shape index (κ3) is 3.17. The van der Waals surface area contributed by atoms with Crippen LogP contribution in [-0.4, -0.2) is 17.0 Å². The molecule has 0 spiro atoms. The third-order valence-electron chi connectivity index (χ3n) is 2.62. The van der Waals surface area contributed by atoms with Gasteiger partial charge in [0.25, 0.3) is 0 Å². The molecule has 6 heteroatoms. The molecular formula is C14H15ClFN3O. The first-order chi connectivity index (χ1) is 9.51. The number of benzene rings is 1. The number of anilines is 1. The molecule has 0 fully saturated rings. The number of hydrogen-bond donors (Lipinski definition) is 1. The predicted octanol–water partition coefficient (Wildman–Crippen LogP) is 4.23. The number of nitrogens with zero attached hydrogens (tertiary/aromatic N) is 2. The number of rotatable bonds is 4. The number of nitrogens with one attached hydrogen (secondary N) is 1. The summed E-state index contributed by atoms with van der Waals surface area (Å²) in [6, 6.07) is 6.18. The lowest BCUT2D eigenvalue weighted by Crippen LogP contribution is -2.03. The molecule has 2 aromatic rings. The van der Waals surface area contributed by atoms with Crippen molar-refractivity contribution in [2.45, 2.75) is 19.8 Å². The average Bonchev–Trinajstić information content (AvgIpc) is 2.43. The van der Waals surface area contributed by atoms with Crippen molar-refractivity contribution in [2.75, 3.05) is 12.4 Å². The second kappa shape index (κ2) is 6.05. The fourth-order valence-electron chi connectivity index (χ4n) is 1.56. The van der Waals surface area contributed by atoms with Gasteiger partial charge in [-0.05, 0) is 12.1 Å². The van der Waals surface area contributed by atoms with E-state index in [-0.39, 0.29) is 22.6 Å². The van der Waals surface area contributed by atoms with Gasteiger partial charge < -0.3 is 10.1 Å². The second-order valence-corrected chi connectivity index (χ2v) is 4.92. The van der Waals surface area contributed by atoms with Crippen LogP contribution in [0.1, 0.15) is 25.6 Å². The number of ether oxygens (including phenoxy) is 1. The van der Waals surface area contributed by atoms with Crippen LogP contribution in [0.3, 0.4) is 0 Å². The topological polar surface area (TPSA) is 47.0 Å². The van der Waals surface area contributed by atoms with Gasteiger partial charge in [-0.1, -0.05) is 31.5 Å². The van der Waals surface area contributed by atoms with Crippen molar-refractivity contribution >= 4 is 17.4 Å². The molecule has 0 amide bonds. The molecule has 0 aliphatic heterocycles. The van der Waals surface area contributed by atoms with Gasteiger partial charge in [0.1, 0.15) is 11.6 Å². The standard InChI is InChI=1S/C14H15ClFN3O/c1-8(2)14-18-11(17-3)7-12(19-14)20-10-6-4-5-9(15)13(10)16/h4-8H,1-3H3,(H,17,18,19). The Morgan fingerprint density at radius 3 is 2.70 bits per heavy atom. The molecule has 106 valence electrons.